The van der Waals surface area contributed by atoms with Crippen LogP contribution in [-0.4, -0.2) is 75.1 Å². The maximum absolute atomic E-state index is 12.5. The third-order valence-electron chi connectivity index (χ3n) is 5.31. The molecule has 1 aliphatic rings. The fourth-order valence-electron chi connectivity index (χ4n) is 3.42. The van der Waals surface area contributed by atoms with E-state index in [-0.39, 0.29) is 11.8 Å². The van der Waals surface area contributed by atoms with Crippen LogP contribution in [0.5, 0.6) is 11.5 Å². The summed E-state index contributed by atoms with van der Waals surface area (Å²) in [5.74, 6) is 1.57. The van der Waals surface area contributed by atoms with Crippen molar-refractivity contribution < 1.29 is 19.1 Å². The van der Waals surface area contributed by atoms with Gasteiger partial charge in [-0.15, -0.1) is 0 Å². The Hall–Kier alpha value is -3.06. The van der Waals surface area contributed by atoms with Crippen LogP contribution in [0.3, 0.4) is 0 Å². The third-order valence-corrected chi connectivity index (χ3v) is 5.31. The van der Waals surface area contributed by atoms with Gasteiger partial charge in [-0.3, -0.25) is 14.5 Å². The second kappa shape index (κ2) is 10.6. The van der Waals surface area contributed by atoms with Crippen LogP contribution >= 0.6 is 0 Å². The minimum atomic E-state index is -0.0917. The van der Waals surface area contributed by atoms with Crippen molar-refractivity contribution in [2.45, 2.75) is 6.42 Å². The maximum atomic E-state index is 12.5. The Labute approximate surface area is 177 Å². The summed E-state index contributed by atoms with van der Waals surface area (Å²) in [6.45, 7) is 4.38. The first-order valence-corrected chi connectivity index (χ1v) is 10.1. The zero-order valence-electron chi connectivity index (χ0n) is 17.6. The highest BCUT2D eigenvalue weighted by Gasteiger charge is 2.21. The summed E-state index contributed by atoms with van der Waals surface area (Å²) in [5, 5.41) is 2.95. The average molecular weight is 412 g/mol. The van der Waals surface area contributed by atoms with Crippen molar-refractivity contribution in [2.75, 3.05) is 53.5 Å². The Kier molecular flexibility index (Phi) is 7.68. The van der Waals surface area contributed by atoms with E-state index in [2.05, 4.69) is 10.2 Å². The van der Waals surface area contributed by atoms with E-state index in [0.717, 1.165) is 36.7 Å². The lowest BCUT2D eigenvalue weighted by Crippen LogP contribution is -2.50. The van der Waals surface area contributed by atoms with Gasteiger partial charge in [0.15, 0.2) is 0 Å². The standard InChI is InChI=1S/C23H29N3O4/c1-29-20-7-3-18(4-8-20)17-22(27)26-15-13-25(14-16-26)12-11-24-23(28)19-5-9-21(30-2)10-6-19/h3-10H,11-17H2,1-2H3,(H,24,28). The number of carbonyl (C=O) groups excluding carboxylic acids is 2. The summed E-state index contributed by atoms with van der Waals surface area (Å²) in [4.78, 5) is 28.9. The molecule has 160 valence electrons. The SMILES string of the molecule is COc1ccc(CC(=O)N2CCN(CCNC(=O)c3ccc(OC)cc3)CC2)cc1. The monoisotopic (exact) mass is 411 g/mol. The van der Waals surface area contributed by atoms with E-state index in [1.807, 2.05) is 29.2 Å². The molecule has 2 amide bonds. The van der Waals surface area contributed by atoms with Gasteiger partial charge in [-0.2, -0.15) is 0 Å². The fraction of sp³-hybridized carbons (Fsp3) is 0.391. The van der Waals surface area contributed by atoms with E-state index >= 15 is 0 Å². The van der Waals surface area contributed by atoms with E-state index < -0.39 is 0 Å². The first-order chi connectivity index (χ1) is 14.6. The van der Waals surface area contributed by atoms with Gasteiger partial charge < -0.3 is 19.7 Å². The van der Waals surface area contributed by atoms with Crippen LogP contribution in [0.4, 0.5) is 0 Å². The van der Waals surface area contributed by atoms with E-state index in [1.54, 1.807) is 38.5 Å². The number of hydrogen-bond donors (Lipinski definition) is 1. The van der Waals surface area contributed by atoms with Gasteiger partial charge in [0, 0.05) is 44.8 Å². The van der Waals surface area contributed by atoms with Gasteiger partial charge in [0.2, 0.25) is 5.91 Å². The first kappa shape index (κ1) is 21.6. The van der Waals surface area contributed by atoms with Gasteiger partial charge in [-0.1, -0.05) is 12.1 Å². The number of carbonyl (C=O) groups is 2. The maximum Gasteiger partial charge on any atom is 0.251 e. The minimum Gasteiger partial charge on any atom is -0.497 e. The molecule has 1 aliphatic heterocycles. The number of nitrogens with zero attached hydrogens (tertiary/aromatic N) is 2. The highest BCUT2D eigenvalue weighted by Crippen LogP contribution is 2.13. The smallest absolute Gasteiger partial charge is 0.251 e. The second-order valence-electron chi connectivity index (χ2n) is 7.23. The van der Waals surface area contributed by atoms with Crippen molar-refractivity contribution in [1.82, 2.24) is 15.1 Å². The van der Waals surface area contributed by atoms with E-state index in [1.165, 1.54) is 0 Å². The number of nitrogens with one attached hydrogen (secondary N) is 1. The summed E-state index contributed by atoms with van der Waals surface area (Å²) < 4.78 is 10.3. The molecule has 7 heteroatoms. The van der Waals surface area contributed by atoms with Crippen molar-refractivity contribution in [1.29, 1.82) is 0 Å². The molecule has 7 nitrogen and oxygen atoms in total. The van der Waals surface area contributed by atoms with Crippen molar-refractivity contribution >= 4 is 11.8 Å². The van der Waals surface area contributed by atoms with Crippen molar-refractivity contribution in [3.05, 3.63) is 59.7 Å². The van der Waals surface area contributed by atoms with Crippen LogP contribution in [0.1, 0.15) is 15.9 Å². The quantitative estimate of drug-likeness (QED) is 0.718. The number of piperazine rings is 1. The molecule has 0 unspecified atom stereocenters. The van der Waals surface area contributed by atoms with Gasteiger partial charge in [-0.25, -0.2) is 0 Å². The summed E-state index contributed by atoms with van der Waals surface area (Å²) in [5.41, 5.74) is 1.61. The van der Waals surface area contributed by atoms with Gasteiger partial charge in [0.25, 0.3) is 5.91 Å². The lowest BCUT2D eigenvalue weighted by molar-refractivity contribution is -0.132. The molecule has 2 aromatic carbocycles. The molecule has 2 aromatic rings. The number of amides is 2. The van der Waals surface area contributed by atoms with Crippen LogP contribution in [0.25, 0.3) is 0 Å². The van der Waals surface area contributed by atoms with E-state index in [4.69, 9.17) is 9.47 Å². The van der Waals surface area contributed by atoms with Gasteiger partial charge in [0.05, 0.1) is 20.6 Å². The number of ether oxygens (including phenoxy) is 2. The van der Waals surface area contributed by atoms with Crippen molar-refractivity contribution in [3.8, 4) is 11.5 Å². The normalized spacial score (nSPS) is 14.3. The lowest BCUT2D eigenvalue weighted by Gasteiger charge is -2.34. The summed E-state index contributed by atoms with van der Waals surface area (Å²) in [6.07, 6.45) is 0.405. The van der Waals surface area contributed by atoms with Crippen LogP contribution in [0.15, 0.2) is 48.5 Å². The van der Waals surface area contributed by atoms with Crippen molar-refractivity contribution in [3.63, 3.8) is 0 Å². The highest BCUT2D eigenvalue weighted by molar-refractivity contribution is 5.94. The predicted octanol–water partition coefficient (Wildman–Crippen LogP) is 1.82. The minimum absolute atomic E-state index is 0.0917. The molecular weight excluding hydrogens is 382 g/mol. The molecule has 0 saturated carbocycles. The Morgan fingerprint density at radius 3 is 2.00 bits per heavy atom. The van der Waals surface area contributed by atoms with E-state index in [0.29, 0.717) is 31.6 Å². The molecule has 1 fully saturated rings. The Balaban J connectivity index is 1.36. The third kappa shape index (κ3) is 5.97. The molecule has 0 spiro atoms. The molecule has 0 atom stereocenters. The summed E-state index contributed by atoms with van der Waals surface area (Å²) >= 11 is 0. The van der Waals surface area contributed by atoms with Crippen molar-refractivity contribution in [2.24, 2.45) is 0 Å². The predicted molar refractivity (Wildman–Crippen MR) is 115 cm³/mol. The zero-order chi connectivity index (χ0) is 21.3. The summed E-state index contributed by atoms with van der Waals surface area (Å²) in [7, 11) is 3.23. The van der Waals surface area contributed by atoms with Crippen LogP contribution in [-0.2, 0) is 11.2 Å². The molecule has 0 radical (unpaired) electrons. The highest BCUT2D eigenvalue weighted by atomic mass is 16.5. The molecule has 1 saturated heterocycles. The molecule has 30 heavy (non-hydrogen) atoms. The summed E-state index contributed by atoms with van der Waals surface area (Å²) in [6, 6.07) is 14.7. The number of benzene rings is 2. The average Bonchev–Trinajstić information content (AvgIpc) is 2.80. The Morgan fingerprint density at radius 2 is 1.43 bits per heavy atom. The molecule has 0 aliphatic carbocycles. The first-order valence-electron chi connectivity index (χ1n) is 10.1. The van der Waals surface area contributed by atoms with Crippen LogP contribution < -0.4 is 14.8 Å². The largest absolute Gasteiger partial charge is 0.497 e. The van der Waals surface area contributed by atoms with Gasteiger partial charge >= 0.3 is 0 Å². The Bertz CT molecular complexity index is 829. The topological polar surface area (TPSA) is 71.1 Å². The lowest BCUT2D eigenvalue weighted by atomic mass is 10.1. The molecule has 0 bridgehead atoms. The number of rotatable bonds is 8. The fourth-order valence-corrected chi connectivity index (χ4v) is 3.42. The van der Waals surface area contributed by atoms with Gasteiger partial charge in [-0.05, 0) is 42.0 Å². The molecule has 0 aromatic heterocycles. The van der Waals surface area contributed by atoms with Gasteiger partial charge in [0.1, 0.15) is 11.5 Å². The van der Waals surface area contributed by atoms with Crippen LogP contribution in [0, 0.1) is 0 Å². The zero-order valence-corrected chi connectivity index (χ0v) is 17.6. The molecular formula is C23H29N3O4. The number of hydrogen-bond acceptors (Lipinski definition) is 5. The van der Waals surface area contributed by atoms with Crippen LogP contribution in [0.2, 0.25) is 0 Å². The Morgan fingerprint density at radius 1 is 0.867 bits per heavy atom. The molecule has 1 heterocycles. The molecule has 3 rings (SSSR count). The molecule has 1 N–H and O–H groups in total. The van der Waals surface area contributed by atoms with E-state index in [9.17, 15) is 9.59 Å². The second-order valence-corrected chi connectivity index (χ2v) is 7.23. The number of methoxy groups -OCH3 is 2.